The van der Waals surface area contributed by atoms with Crippen molar-refractivity contribution < 1.29 is 9.53 Å². The molecule has 4 nitrogen and oxygen atoms in total. The summed E-state index contributed by atoms with van der Waals surface area (Å²) in [5.41, 5.74) is 3.14. The molecular formula is C19H30N2O2. The third-order valence-corrected chi connectivity index (χ3v) is 4.91. The van der Waals surface area contributed by atoms with Crippen molar-refractivity contribution in [1.29, 1.82) is 0 Å². The maximum Gasteiger partial charge on any atom is 0.242 e. The number of nitrogens with zero attached hydrogens (tertiary/aromatic N) is 1. The molecule has 0 aromatic heterocycles. The molecule has 1 aromatic carbocycles. The molecule has 128 valence electrons. The summed E-state index contributed by atoms with van der Waals surface area (Å²) >= 11 is 0. The summed E-state index contributed by atoms with van der Waals surface area (Å²) in [6.07, 6.45) is 6.10. The Labute approximate surface area is 140 Å². The van der Waals surface area contributed by atoms with Crippen LogP contribution in [0.25, 0.3) is 0 Å². The highest BCUT2D eigenvalue weighted by Gasteiger charge is 2.23. The number of rotatable bonds is 6. The van der Waals surface area contributed by atoms with E-state index >= 15 is 0 Å². The molecule has 0 spiro atoms. The number of ether oxygens (including phenoxy) is 1. The Hall–Kier alpha value is -1.71. The number of amides is 1. The first kappa shape index (κ1) is 17.6. The standard InChI is InChI=1S/C19H30N2O2/c1-5-21(16-9-7-6-8-10-16)18(22)13-20-17-12-11-14(2)19(23-4)15(17)3/h11-12,16,20H,5-10,13H2,1-4H3. The average molecular weight is 318 g/mol. The number of carbonyl (C=O) groups excluding carboxylic acids is 1. The van der Waals surface area contributed by atoms with E-state index in [0.717, 1.165) is 42.0 Å². The van der Waals surface area contributed by atoms with Crippen molar-refractivity contribution in [2.45, 2.75) is 58.9 Å². The second kappa shape index (κ2) is 8.23. The molecular weight excluding hydrogens is 288 g/mol. The molecule has 1 aliphatic rings. The van der Waals surface area contributed by atoms with Crippen molar-refractivity contribution in [2.24, 2.45) is 0 Å². The summed E-state index contributed by atoms with van der Waals surface area (Å²) in [5.74, 6) is 1.08. The Bertz CT molecular complexity index is 536. The third kappa shape index (κ3) is 4.18. The largest absolute Gasteiger partial charge is 0.496 e. The van der Waals surface area contributed by atoms with Crippen LogP contribution in [-0.2, 0) is 4.79 Å². The molecule has 0 saturated heterocycles. The van der Waals surface area contributed by atoms with Crippen molar-refractivity contribution >= 4 is 11.6 Å². The molecule has 0 unspecified atom stereocenters. The molecule has 0 aliphatic heterocycles. The smallest absolute Gasteiger partial charge is 0.242 e. The normalized spacial score (nSPS) is 15.3. The lowest BCUT2D eigenvalue weighted by molar-refractivity contribution is -0.132. The van der Waals surface area contributed by atoms with Crippen LogP contribution in [-0.4, -0.2) is 37.0 Å². The van der Waals surface area contributed by atoms with Crippen molar-refractivity contribution in [3.8, 4) is 5.75 Å². The molecule has 0 radical (unpaired) electrons. The molecule has 1 amide bonds. The summed E-state index contributed by atoms with van der Waals surface area (Å²) in [5, 5.41) is 3.30. The molecule has 2 rings (SSSR count). The second-order valence-electron chi connectivity index (χ2n) is 6.41. The molecule has 0 bridgehead atoms. The number of hydrogen-bond donors (Lipinski definition) is 1. The van der Waals surface area contributed by atoms with Gasteiger partial charge in [-0.25, -0.2) is 0 Å². The van der Waals surface area contributed by atoms with E-state index in [1.165, 1.54) is 19.3 Å². The number of aryl methyl sites for hydroxylation is 1. The monoisotopic (exact) mass is 318 g/mol. The molecule has 0 heterocycles. The van der Waals surface area contributed by atoms with Crippen LogP contribution in [0.2, 0.25) is 0 Å². The number of hydrogen-bond acceptors (Lipinski definition) is 3. The van der Waals surface area contributed by atoms with Gasteiger partial charge in [0.2, 0.25) is 5.91 Å². The maximum atomic E-state index is 12.6. The molecule has 1 fully saturated rings. The van der Waals surface area contributed by atoms with Gasteiger partial charge in [-0.2, -0.15) is 0 Å². The van der Waals surface area contributed by atoms with Crippen molar-refractivity contribution in [3.63, 3.8) is 0 Å². The van der Waals surface area contributed by atoms with Crippen molar-refractivity contribution in [1.82, 2.24) is 4.90 Å². The average Bonchev–Trinajstić information content (AvgIpc) is 2.56. The molecule has 0 atom stereocenters. The highest BCUT2D eigenvalue weighted by molar-refractivity contribution is 5.81. The number of anilines is 1. The molecule has 1 aromatic rings. The van der Waals surface area contributed by atoms with E-state index < -0.39 is 0 Å². The van der Waals surface area contributed by atoms with Gasteiger partial charge in [-0.05, 0) is 45.2 Å². The van der Waals surface area contributed by atoms with Crippen molar-refractivity contribution in [3.05, 3.63) is 23.3 Å². The number of methoxy groups -OCH3 is 1. The summed E-state index contributed by atoms with van der Waals surface area (Å²) in [7, 11) is 1.69. The summed E-state index contributed by atoms with van der Waals surface area (Å²) < 4.78 is 5.45. The van der Waals surface area contributed by atoms with Crippen LogP contribution >= 0.6 is 0 Å². The van der Waals surface area contributed by atoms with E-state index in [4.69, 9.17) is 4.74 Å². The topological polar surface area (TPSA) is 41.6 Å². The number of likely N-dealkylation sites (N-methyl/N-ethyl adjacent to an activating group) is 1. The fraction of sp³-hybridized carbons (Fsp3) is 0.632. The fourth-order valence-corrected chi connectivity index (χ4v) is 3.64. The van der Waals surface area contributed by atoms with Gasteiger partial charge < -0.3 is 15.0 Å². The Balaban J connectivity index is 2.00. The van der Waals surface area contributed by atoms with Crippen LogP contribution in [0.3, 0.4) is 0 Å². The minimum absolute atomic E-state index is 0.193. The fourth-order valence-electron chi connectivity index (χ4n) is 3.64. The number of benzene rings is 1. The van der Waals surface area contributed by atoms with Crippen LogP contribution in [0.4, 0.5) is 5.69 Å². The SMILES string of the molecule is CCN(C(=O)CNc1ccc(C)c(OC)c1C)C1CCCCC1. The van der Waals surface area contributed by atoms with Gasteiger partial charge in [0.25, 0.3) is 0 Å². The summed E-state index contributed by atoms with van der Waals surface area (Å²) in [6.45, 7) is 7.27. The minimum atomic E-state index is 0.193. The highest BCUT2D eigenvalue weighted by atomic mass is 16.5. The highest BCUT2D eigenvalue weighted by Crippen LogP contribution is 2.29. The van der Waals surface area contributed by atoms with Gasteiger partial charge in [0.05, 0.1) is 13.7 Å². The molecule has 23 heavy (non-hydrogen) atoms. The van der Waals surface area contributed by atoms with Crippen LogP contribution in [0.1, 0.15) is 50.2 Å². The van der Waals surface area contributed by atoms with Gasteiger partial charge in [-0.15, -0.1) is 0 Å². The van der Waals surface area contributed by atoms with E-state index in [0.29, 0.717) is 12.6 Å². The first-order chi connectivity index (χ1) is 11.1. The molecule has 1 saturated carbocycles. The van der Waals surface area contributed by atoms with Gasteiger partial charge in [0, 0.05) is 23.8 Å². The first-order valence-corrected chi connectivity index (χ1v) is 8.76. The molecule has 1 aliphatic carbocycles. The zero-order valence-electron chi connectivity index (χ0n) is 14.9. The lowest BCUT2D eigenvalue weighted by Gasteiger charge is -2.33. The second-order valence-corrected chi connectivity index (χ2v) is 6.41. The van der Waals surface area contributed by atoms with E-state index in [9.17, 15) is 4.79 Å². The quantitative estimate of drug-likeness (QED) is 0.865. The lowest BCUT2D eigenvalue weighted by atomic mass is 9.94. The Morgan fingerprint density at radius 2 is 1.96 bits per heavy atom. The Morgan fingerprint density at radius 1 is 1.26 bits per heavy atom. The minimum Gasteiger partial charge on any atom is -0.496 e. The van der Waals surface area contributed by atoms with Gasteiger partial charge in [0.15, 0.2) is 0 Å². The van der Waals surface area contributed by atoms with Crippen molar-refractivity contribution in [2.75, 3.05) is 25.5 Å². The van der Waals surface area contributed by atoms with Gasteiger partial charge >= 0.3 is 0 Å². The summed E-state index contributed by atoms with van der Waals surface area (Å²) in [4.78, 5) is 14.7. The van der Waals surface area contributed by atoms with Crippen LogP contribution < -0.4 is 10.1 Å². The first-order valence-electron chi connectivity index (χ1n) is 8.76. The zero-order chi connectivity index (χ0) is 16.8. The predicted octanol–water partition coefficient (Wildman–Crippen LogP) is 3.91. The van der Waals surface area contributed by atoms with Gasteiger partial charge in [-0.3, -0.25) is 4.79 Å². The third-order valence-electron chi connectivity index (χ3n) is 4.91. The van der Waals surface area contributed by atoms with Gasteiger partial charge in [0.1, 0.15) is 5.75 Å². The Morgan fingerprint density at radius 3 is 2.57 bits per heavy atom. The summed E-state index contributed by atoms with van der Waals surface area (Å²) in [6, 6.07) is 4.48. The van der Waals surface area contributed by atoms with E-state index in [-0.39, 0.29) is 5.91 Å². The maximum absolute atomic E-state index is 12.6. The van der Waals surface area contributed by atoms with E-state index in [1.54, 1.807) is 7.11 Å². The van der Waals surface area contributed by atoms with Gasteiger partial charge in [-0.1, -0.05) is 25.3 Å². The van der Waals surface area contributed by atoms with Crippen LogP contribution in [0, 0.1) is 13.8 Å². The number of nitrogens with one attached hydrogen (secondary N) is 1. The Kier molecular flexibility index (Phi) is 6.31. The number of carbonyl (C=O) groups is 1. The van der Waals surface area contributed by atoms with Crippen LogP contribution in [0.5, 0.6) is 5.75 Å². The van der Waals surface area contributed by atoms with E-state index in [2.05, 4.69) is 12.2 Å². The lowest BCUT2D eigenvalue weighted by Crippen LogP contribution is -2.44. The van der Waals surface area contributed by atoms with Crippen LogP contribution in [0.15, 0.2) is 12.1 Å². The zero-order valence-corrected chi connectivity index (χ0v) is 14.9. The van der Waals surface area contributed by atoms with E-state index in [1.807, 2.05) is 30.9 Å². The molecule has 1 N–H and O–H groups in total. The molecule has 4 heteroatoms. The predicted molar refractivity (Wildman–Crippen MR) is 95.2 cm³/mol.